The standard InChI is InChI=1S/C21H23N9O6/c22-17-16-18(28-21(23)27-17)24-8-12(25-16)9-30(36)29-6-5-10-7-11(1-3-14(10)29)19(33)26-13(20(34)35)2-4-15(31)32/h1,3,7-8,13,36H,2,4-6,9H2,(H,26,33)(H,31,32)(H,34,35)(H4,22,23,24,27,28)/t13-/m0/s1. The normalized spacial score (nSPS) is 13.6. The Morgan fingerprint density at radius 2 is 1.94 bits per heavy atom. The summed E-state index contributed by atoms with van der Waals surface area (Å²) in [4.78, 5) is 51.0. The molecule has 36 heavy (non-hydrogen) atoms. The van der Waals surface area contributed by atoms with E-state index >= 15 is 0 Å². The highest BCUT2D eigenvalue weighted by atomic mass is 16.5. The molecule has 0 unspecified atom stereocenters. The van der Waals surface area contributed by atoms with Crippen molar-refractivity contribution in [3.63, 3.8) is 0 Å². The summed E-state index contributed by atoms with van der Waals surface area (Å²) < 4.78 is 0. The summed E-state index contributed by atoms with van der Waals surface area (Å²) in [6.07, 6.45) is 1.32. The molecule has 1 amide bonds. The van der Waals surface area contributed by atoms with Gasteiger partial charge < -0.3 is 27.0 Å². The van der Waals surface area contributed by atoms with Gasteiger partial charge in [-0.2, -0.15) is 9.97 Å². The lowest BCUT2D eigenvalue weighted by molar-refractivity contribution is -0.140. The Hall–Kier alpha value is -4.63. The highest BCUT2D eigenvalue weighted by molar-refractivity contribution is 5.97. The second kappa shape index (κ2) is 9.93. The largest absolute Gasteiger partial charge is 0.481 e. The smallest absolute Gasteiger partial charge is 0.326 e. The monoisotopic (exact) mass is 497 g/mol. The van der Waals surface area contributed by atoms with Gasteiger partial charge in [-0.25, -0.2) is 14.8 Å². The molecule has 0 saturated heterocycles. The van der Waals surface area contributed by atoms with Crippen molar-refractivity contribution >= 4 is 46.5 Å². The number of nitrogens with two attached hydrogens (primary N) is 2. The fraction of sp³-hybridized carbons (Fsp3) is 0.286. The maximum absolute atomic E-state index is 12.6. The summed E-state index contributed by atoms with van der Waals surface area (Å²) in [6, 6.07) is 3.40. The summed E-state index contributed by atoms with van der Waals surface area (Å²) in [7, 11) is 0. The van der Waals surface area contributed by atoms with Crippen molar-refractivity contribution in [3.8, 4) is 0 Å². The minimum atomic E-state index is -1.33. The first kappa shape index (κ1) is 24.5. The molecule has 0 bridgehead atoms. The summed E-state index contributed by atoms with van der Waals surface area (Å²) in [6.45, 7) is 0.383. The average molecular weight is 497 g/mol. The van der Waals surface area contributed by atoms with Crippen LogP contribution in [0.3, 0.4) is 0 Å². The van der Waals surface area contributed by atoms with Crippen LogP contribution in [0.2, 0.25) is 0 Å². The highest BCUT2D eigenvalue weighted by Crippen LogP contribution is 2.30. The molecule has 2 aromatic heterocycles. The number of nitrogen functional groups attached to an aromatic ring is 2. The van der Waals surface area contributed by atoms with Gasteiger partial charge in [-0.05, 0) is 36.6 Å². The first-order valence-electron chi connectivity index (χ1n) is 10.8. The minimum Gasteiger partial charge on any atom is -0.481 e. The Morgan fingerprint density at radius 1 is 1.17 bits per heavy atom. The summed E-state index contributed by atoms with van der Waals surface area (Å²) in [5.41, 5.74) is 13.9. The molecule has 0 radical (unpaired) electrons. The predicted molar refractivity (Wildman–Crippen MR) is 125 cm³/mol. The molecule has 188 valence electrons. The van der Waals surface area contributed by atoms with Crippen LogP contribution in [-0.4, -0.2) is 71.0 Å². The number of carbonyl (C=O) groups excluding carboxylic acids is 1. The van der Waals surface area contributed by atoms with Crippen molar-refractivity contribution < 1.29 is 29.8 Å². The van der Waals surface area contributed by atoms with E-state index in [2.05, 4.69) is 25.3 Å². The zero-order chi connectivity index (χ0) is 26.0. The Bertz CT molecular complexity index is 1350. The van der Waals surface area contributed by atoms with E-state index < -0.39 is 30.3 Å². The first-order chi connectivity index (χ1) is 17.1. The average Bonchev–Trinajstić information content (AvgIpc) is 3.25. The molecule has 8 N–H and O–H groups in total. The van der Waals surface area contributed by atoms with Crippen molar-refractivity contribution in [1.29, 1.82) is 0 Å². The number of rotatable bonds is 9. The van der Waals surface area contributed by atoms with Crippen molar-refractivity contribution in [3.05, 3.63) is 41.2 Å². The minimum absolute atomic E-state index is 0.0219. The van der Waals surface area contributed by atoms with Crippen LogP contribution in [0, 0.1) is 0 Å². The molecule has 1 aromatic carbocycles. The van der Waals surface area contributed by atoms with Gasteiger partial charge in [0, 0.05) is 18.5 Å². The molecule has 3 aromatic rings. The number of hydrogen-bond acceptors (Lipinski definition) is 12. The van der Waals surface area contributed by atoms with E-state index in [4.69, 9.17) is 16.6 Å². The van der Waals surface area contributed by atoms with Gasteiger partial charge in [-0.1, -0.05) is 5.17 Å². The van der Waals surface area contributed by atoms with Gasteiger partial charge in [0.05, 0.1) is 24.1 Å². The number of nitrogens with one attached hydrogen (secondary N) is 1. The van der Waals surface area contributed by atoms with Crippen LogP contribution < -0.4 is 21.8 Å². The number of hydrogen-bond donors (Lipinski definition) is 6. The van der Waals surface area contributed by atoms with Crippen LogP contribution in [0.5, 0.6) is 0 Å². The molecule has 0 fully saturated rings. The molecule has 0 spiro atoms. The number of carbonyl (C=O) groups is 3. The number of amides is 1. The number of hydrazine groups is 1. The number of aromatic nitrogens is 4. The number of nitrogens with zero attached hydrogens (tertiary/aromatic N) is 6. The number of anilines is 3. The lowest BCUT2D eigenvalue weighted by atomic mass is 10.1. The highest BCUT2D eigenvalue weighted by Gasteiger charge is 2.27. The molecule has 4 rings (SSSR count). The van der Waals surface area contributed by atoms with E-state index in [0.717, 1.165) is 10.7 Å². The quantitative estimate of drug-likeness (QED) is 0.210. The van der Waals surface area contributed by atoms with E-state index in [1.165, 1.54) is 12.3 Å². The van der Waals surface area contributed by atoms with Crippen molar-refractivity contribution in [2.45, 2.75) is 31.8 Å². The van der Waals surface area contributed by atoms with Crippen molar-refractivity contribution in [2.24, 2.45) is 0 Å². The molecular formula is C21H23N9O6. The third-order valence-corrected chi connectivity index (χ3v) is 5.55. The van der Waals surface area contributed by atoms with Gasteiger partial charge in [0.15, 0.2) is 17.0 Å². The van der Waals surface area contributed by atoms with Gasteiger partial charge in [0.25, 0.3) is 5.91 Å². The first-order valence-corrected chi connectivity index (χ1v) is 10.8. The van der Waals surface area contributed by atoms with Gasteiger partial charge >= 0.3 is 11.9 Å². The molecule has 1 aliphatic rings. The van der Waals surface area contributed by atoms with Crippen LogP contribution in [-0.2, 0) is 22.6 Å². The lowest BCUT2D eigenvalue weighted by Crippen LogP contribution is -2.41. The predicted octanol–water partition coefficient (Wildman–Crippen LogP) is -0.199. The fourth-order valence-electron chi connectivity index (χ4n) is 3.82. The van der Waals surface area contributed by atoms with E-state index in [1.807, 2.05) is 0 Å². The molecule has 0 aliphatic carbocycles. The van der Waals surface area contributed by atoms with Gasteiger partial charge in [0.2, 0.25) is 5.95 Å². The van der Waals surface area contributed by atoms with E-state index in [-0.39, 0.29) is 41.5 Å². The van der Waals surface area contributed by atoms with Crippen molar-refractivity contribution in [2.75, 3.05) is 23.0 Å². The van der Waals surface area contributed by atoms with Gasteiger partial charge in [0.1, 0.15) is 6.04 Å². The Labute approximate surface area is 203 Å². The number of hydroxylamine groups is 1. The Balaban J connectivity index is 1.46. The Morgan fingerprint density at radius 3 is 2.67 bits per heavy atom. The fourth-order valence-corrected chi connectivity index (χ4v) is 3.82. The maximum atomic E-state index is 12.6. The molecule has 3 heterocycles. The molecule has 15 nitrogen and oxygen atoms in total. The number of fused-ring (bicyclic) bond motifs is 2. The van der Waals surface area contributed by atoms with Gasteiger partial charge in [-0.15, -0.1) is 0 Å². The Kier molecular flexibility index (Phi) is 6.75. The van der Waals surface area contributed by atoms with Crippen LogP contribution >= 0.6 is 0 Å². The summed E-state index contributed by atoms with van der Waals surface area (Å²) >= 11 is 0. The van der Waals surface area contributed by atoms with Crippen LogP contribution in [0.25, 0.3) is 11.2 Å². The zero-order valence-corrected chi connectivity index (χ0v) is 18.8. The maximum Gasteiger partial charge on any atom is 0.326 e. The topological polar surface area (TPSA) is 234 Å². The SMILES string of the molecule is Nc1nc(N)c2nc(CN(O)N3CCc4cc(C(=O)N[C@@H](CCC(=O)O)C(=O)O)ccc43)cnc2n1. The summed E-state index contributed by atoms with van der Waals surface area (Å²) in [5.74, 6) is -3.06. The number of carboxylic acids is 2. The van der Waals surface area contributed by atoms with E-state index in [1.54, 1.807) is 17.1 Å². The second-order valence-electron chi connectivity index (χ2n) is 8.04. The molecule has 0 saturated carbocycles. The lowest BCUT2D eigenvalue weighted by Gasteiger charge is -2.28. The van der Waals surface area contributed by atoms with E-state index in [9.17, 15) is 24.7 Å². The molecule has 15 heteroatoms. The summed E-state index contributed by atoms with van der Waals surface area (Å²) in [5, 5.41) is 33.7. The molecule has 1 atom stereocenters. The van der Waals surface area contributed by atoms with Crippen LogP contribution in [0.4, 0.5) is 17.5 Å². The number of carboxylic acid groups (broad SMARTS) is 2. The molecular weight excluding hydrogens is 474 g/mol. The van der Waals surface area contributed by atoms with Crippen LogP contribution in [0.1, 0.15) is 34.5 Å². The zero-order valence-electron chi connectivity index (χ0n) is 18.8. The van der Waals surface area contributed by atoms with Crippen LogP contribution in [0.15, 0.2) is 24.4 Å². The van der Waals surface area contributed by atoms with Gasteiger partial charge in [-0.3, -0.25) is 19.8 Å². The second-order valence-corrected chi connectivity index (χ2v) is 8.04. The van der Waals surface area contributed by atoms with E-state index in [0.29, 0.717) is 24.3 Å². The third-order valence-electron chi connectivity index (χ3n) is 5.55. The number of aliphatic carboxylic acids is 2. The third kappa shape index (κ3) is 5.21. The number of benzene rings is 1. The van der Waals surface area contributed by atoms with Crippen molar-refractivity contribution in [1.82, 2.24) is 30.4 Å². The molecule has 1 aliphatic heterocycles.